The highest BCUT2D eigenvalue weighted by molar-refractivity contribution is 5.70. The maximum absolute atomic E-state index is 11.8. The van der Waals surface area contributed by atoms with E-state index in [1.54, 1.807) is 6.92 Å². The Balaban J connectivity index is 1.84. The molecule has 22 heavy (non-hydrogen) atoms. The summed E-state index contributed by atoms with van der Waals surface area (Å²) in [6, 6.07) is 0. The summed E-state index contributed by atoms with van der Waals surface area (Å²) in [4.78, 5) is 22.2. The molecule has 0 aromatic carbocycles. The van der Waals surface area contributed by atoms with Crippen molar-refractivity contribution in [3.63, 3.8) is 0 Å². The van der Waals surface area contributed by atoms with Gasteiger partial charge in [0.15, 0.2) is 17.4 Å². The zero-order valence-electron chi connectivity index (χ0n) is 11.6. The lowest BCUT2D eigenvalue weighted by Crippen LogP contribution is -2.49. The normalized spacial score (nSPS) is 37.2. The maximum atomic E-state index is 11.8. The van der Waals surface area contributed by atoms with Crippen molar-refractivity contribution in [2.45, 2.75) is 37.1 Å². The lowest BCUT2D eigenvalue weighted by Gasteiger charge is -2.34. The van der Waals surface area contributed by atoms with Crippen LogP contribution in [0.2, 0.25) is 0 Å². The number of aliphatic hydroxyl groups is 2. The summed E-state index contributed by atoms with van der Waals surface area (Å²) in [6.07, 6.45) is -1.51. The molecule has 2 fully saturated rings. The molecule has 2 aliphatic heterocycles. The van der Waals surface area contributed by atoms with Crippen molar-refractivity contribution in [3.8, 4) is 0 Å². The summed E-state index contributed by atoms with van der Waals surface area (Å²) in [6.45, 7) is 1.34. The number of aromatic amines is 1. The molecular weight excluding hydrogens is 294 g/mol. The molecule has 5 atom stereocenters. The van der Waals surface area contributed by atoms with Gasteiger partial charge in [-0.05, 0) is 6.92 Å². The first-order chi connectivity index (χ1) is 10.5. The number of nitrogens with one attached hydrogen (secondary N) is 1. The highest BCUT2D eigenvalue weighted by atomic mass is 16.7. The summed E-state index contributed by atoms with van der Waals surface area (Å²) >= 11 is 0. The number of hydrogen-bond acceptors (Lipinski definition) is 8. The summed E-state index contributed by atoms with van der Waals surface area (Å²) in [7, 11) is 0. The molecule has 0 amide bonds. The molecule has 10 nitrogen and oxygen atoms in total. The van der Waals surface area contributed by atoms with Crippen molar-refractivity contribution in [3.05, 3.63) is 16.7 Å². The largest absolute Gasteiger partial charge is 0.393 e. The van der Waals surface area contributed by atoms with Crippen LogP contribution in [-0.2, 0) is 9.47 Å². The van der Waals surface area contributed by atoms with Crippen LogP contribution in [-0.4, -0.2) is 60.3 Å². The Labute approximate surface area is 123 Å². The first-order valence-electron chi connectivity index (χ1n) is 6.82. The molecule has 3 unspecified atom stereocenters. The quantitative estimate of drug-likeness (QED) is 0.503. The molecule has 0 spiro atoms. The predicted molar refractivity (Wildman–Crippen MR) is 72.8 cm³/mol. The topological polar surface area (TPSA) is 149 Å². The van der Waals surface area contributed by atoms with Crippen LogP contribution in [0.1, 0.15) is 13.2 Å². The second-order valence-corrected chi connectivity index (χ2v) is 5.58. The minimum Gasteiger partial charge on any atom is -0.393 e. The minimum atomic E-state index is -1.20. The van der Waals surface area contributed by atoms with Gasteiger partial charge in [0.25, 0.3) is 5.56 Å². The van der Waals surface area contributed by atoms with Crippen molar-refractivity contribution in [2.75, 3.05) is 12.3 Å². The van der Waals surface area contributed by atoms with Gasteiger partial charge >= 0.3 is 0 Å². The first kappa shape index (κ1) is 13.6. The number of hydrogen-bond donors (Lipinski definition) is 4. The number of fused-ring (bicyclic) bond motifs is 3. The Morgan fingerprint density at radius 2 is 2.36 bits per heavy atom. The number of H-pyrrole nitrogens is 1. The van der Waals surface area contributed by atoms with Crippen LogP contribution in [0, 0.1) is 0 Å². The molecule has 2 aromatic rings. The third-order valence-electron chi connectivity index (χ3n) is 4.45. The van der Waals surface area contributed by atoms with E-state index in [0.29, 0.717) is 0 Å². The average molecular weight is 309 g/mol. The SMILES string of the molecule is CC1OC2C(O)[C@@]1(CO)O[C@H]2n1cnc2c(=O)[nH]c(N)nc21. The maximum Gasteiger partial charge on any atom is 0.280 e. The van der Waals surface area contributed by atoms with Gasteiger partial charge in [-0.1, -0.05) is 0 Å². The summed E-state index contributed by atoms with van der Waals surface area (Å²) in [5.74, 6) is -0.0471. The van der Waals surface area contributed by atoms with Gasteiger partial charge in [-0.15, -0.1) is 0 Å². The van der Waals surface area contributed by atoms with Crippen molar-refractivity contribution in [1.82, 2.24) is 19.5 Å². The van der Waals surface area contributed by atoms with Crippen LogP contribution in [0.25, 0.3) is 11.2 Å². The van der Waals surface area contributed by atoms with E-state index in [4.69, 9.17) is 15.2 Å². The minimum absolute atomic E-state index is 0.0471. The predicted octanol–water partition coefficient (Wildman–Crippen LogP) is -1.89. The highest BCUT2D eigenvalue weighted by Crippen LogP contribution is 2.48. The third-order valence-corrected chi connectivity index (χ3v) is 4.45. The van der Waals surface area contributed by atoms with E-state index in [0.717, 1.165) is 0 Å². The molecule has 2 aromatic heterocycles. The van der Waals surface area contributed by atoms with E-state index in [9.17, 15) is 15.0 Å². The van der Waals surface area contributed by atoms with Gasteiger partial charge in [0.05, 0.1) is 19.0 Å². The second kappa shape index (κ2) is 4.26. The number of imidazole rings is 1. The molecule has 4 rings (SSSR count). The molecule has 0 saturated carbocycles. The summed E-state index contributed by atoms with van der Waals surface area (Å²) < 4.78 is 13.0. The summed E-state index contributed by atoms with van der Waals surface area (Å²) in [5.41, 5.74) is 4.25. The van der Waals surface area contributed by atoms with Gasteiger partial charge in [-0.2, -0.15) is 4.98 Å². The van der Waals surface area contributed by atoms with Crippen LogP contribution < -0.4 is 11.3 Å². The zero-order valence-corrected chi connectivity index (χ0v) is 11.6. The van der Waals surface area contributed by atoms with Crippen LogP contribution >= 0.6 is 0 Å². The molecule has 2 aliphatic rings. The highest BCUT2D eigenvalue weighted by Gasteiger charge is 2.65. The van der Waals surface area contributed by atoms with Crippen molar-refractivity contribution in [1.29, 1.82) is 0 Å². The number of aromatic nitrogens is 4. The number of nitrogen functional groups attached to an aromatic ring is 1. The van der Waals surface area contributed by atoms with E-state index >= 15 is 0 Å². The monoisotopic (exact) mass is 309 g/mol. The standard InChI is InChI=1S/C12H15N5O5/c1-4-12(2-18)7(19)6(21-4)10(22-12)17-3-14-5-8(17)15-11(13)16-9(5)20/h3-4,6-7,10,18-19H,2H2,1H3,(H3,13,15,16,20)/t4?,6?,7?,10-,12+/m1/s1. The smallest absolute Gasteiger partial charge is 0.280 e. The van der Waals surface area contributed by atoms with Crippen molar-refractivity contribution in [2.24, 2.45) is 0 Å². The van der Waals surface area contributed by atoms with Gasteiger partial charge in [-0.25, -0.2) is 4.98 Å². The number of nitrogens with two attached hydrogens (primary N) is 1. The number of ether oxygens (including phenoxy) is 2. The van der Waals surface area contributed by atoms with Crippen LogP contribution in [0.4, 0.5) is 5.95 Å². The van der Waals surface area contributed by atoms with Crippen LogP contribution in [0.15, 0.2) is 11.1 Å². The Morgan fingerprint density at radius 3 is 3.05 bits per heavy atom. The Morgan fingerprint density at radius 1 is 1.59 bits per heavy atom. The Kier molecular flexibility index (Phi) is 2.64. The Bertz CT molecular complexity index is 803. The van der Waals surface area contributed by atoms with Crippen molar-refractivity contribution >= 4 is 17.1 Å². The number of nitrogens with zero attached hydrogens (tertiary/aromatic N) is 3. The molecular formula is C12H15N5O5. The average Bonchev–Trinajstić information content (AvgIpc) is 3.08. The van der Waals surface area contributed by atoms with Gasteiger partial charge in [0, 0.05) is 0 Å². The number of anilines is 1. The lowest BCUT2D eigenvalue weighted by atomic mass is 9.95. The Hall–Kier alpha value is -2.01. The second-order valence-electron chi connectivity index (χ2n) is 5.58. The van der Waals surface area contributed by atoms with E-state index in [1.807, 2.05) is 0 Å². The fourth-order valence-electron chi connectivity index (χ4n) is 3.23. The fraction of sp³-hybridized carbons (Fsp3) is 0.583. The van der Waals surface area contributed by atoms with Crippen LogP contribution in [0.5, 0.6) is 0 Å². The molecule has 0 radical (unpaired) electrons. The summed E-state index contributed by atoms with van der Waals surface area (Å²) in [5, 5.41) is 20.0. The van der Waals surface area contributed by atoms with E-state index in [2.05, 4.69) is 15.0 Å². The van der Waals surface area contributed by atoms with Crippen LogP contribution in [0.3, 0.4) is 0 Å². The molecule has 2 saturated heterocycles. The van der Waals surface area contributed by atoms with Gasteiger partial charge in [-0.3, -0.25) is 14.3 Å². The van der Waals surface area contributed by atoms with Gasteiger partial charge < -0.3 is 25.4 Å². The van der Waals surface area contributed by atoms with E-state index < -0.39 is 35.7 Å². The number of aliphatic hydroxyl groups excluding tert-OH is 2. The van der Waals surface area contributed by atoms with E-state index in [1.165, 1.54) is 10.9 Å². The van der Waals surface area contributed by atoms with E-state index in [-0.39, 0.29) is 23.7 Å². The molecule has 118 valence electrons. The zero-order chi connectivity index (χ0) is 15.6. The fourth-order valence-corrected chi connectivity index (χ4v) is 3.23. The van der Waals surface area contributed by atoms with Gasteiger partial charge in [0.2, 0.25) is 5.95 Å². The van der Waals surface area contributed by atoms with Gasteiger partial charge in [0.1, 0.15) is 17.8 Å². The molecule has 0 aliphatic carbocycles. The first-order valence-corrected chi connectivity index (χ1v) is 6.82. The molecule has 5 N–H and O–H groups in total. The molecule has 10 heteroatoms. The van der Waals surface area contributed by atoms with Crippen molar-refractivity contribution < 1.29 is 19.7 Å². The lowest BCUT2D eigenvalue weighted by molar-refractivity contribution is -0.216. The molecule has 2 bridgehead atoms. The third kappa shape index (κ3) is 1.49. The molecule has 4 heterocycles. The number of rotatable bonds is 2.